The zero-order valence-corrected chi connectivity index (χ0v) is 25.3. The molecule has 2 aromatic carbocycles. The number of carbonyl (C=O) groups excluding carboxylic acids is 2. The second kappa shape index (κ2) is 13.6. The van der Waals surface area contributed by atoms with Crippen molar-refractivity contribution < 1.29 is 18.0 Å². The summed E-state index contributed by atoms with van der Waals surface area (Å²) < 4.78 is 27.6. The zero-order valence-electron chi connectivity index (χ0n) is 22.9. The first kappa shape index (κ1) is 30.2. The lowest BCUT2D eigenvalue weighted by Crippen LogP contribution is -2.50. The van der Waals surface area contributed by atoms with Gasteiger partial charge in [-0.15, -0.1) is 0 Å². The molecule has 1 atom stereocenters. The van der Waals surface area contributed by atoms with Gasteiger partial charge < -0.3 is 10.2 Å². The van der Waals surface area contributed by atoms with E-state index in [9.17, 15) is 18.0 Å². The van der Waals surface area contributed by atoms with Crippen molar-refractivity contribution in [3.05, 3.63) is 63.6 Å². The minimum atomic E-state index is -3.54. The van der Waals surface area contributed by atoms with Crippen molar-refractivity contribution in [3.63, 3.8) is 0 Å². The molecule has 9 heteroatoms. The summed E-state index contributed by atoms with van der Waals surface area (Å²) in [6.07, 6.45) is 7.01. The Bertz CT molecular complexity index is 1230. The average Bonchev–Trinajstić information content (AvgIpc) is 2.86. The molecule has 0 unspecified atom stereocenters. The monoisotopic (exact) mass is 605 g/mol. The Labute approximate surface area is 236 Å². The standard InChI is InChI=1S/C29H40BrN3O4S/c1-21-15-16-22(2)27(18-21)33(38(4,36)37)17-9-14-28(34)32(20-24-10-8-11-25(30)19-24)23(3)29(35)31-26-12-6-5-7-13-26/h8,10-11,15-16,18-19,23,26H,5-7,9,12-14,17,20H2,1-4H3,(H,31,35)/t23-/m1/s1. The molecule has 3 rings (SSSR count). The van der Waals surface area contributed by atoms with Gasteiger partial charge in [0.15, 0.2) is 0 Å². The van der Waals surface area contributed by atoms with Crippen molar-refractivity contribution in [2.75, 3.05) is 17.1 Å². The van der Waals surface area contributed by atoms with E-state index in [1.54, 1.807) is 11.8 Å². The summed E-state index contributed by atoms with van der Waals surface area (Å²) in [5.74, 6) is -0.320. The third-order valence-corrected chi connectivity index (χ3v) is 8.82. The molecule has 208 valence electrons. The van der Waals surface area contributed by atoms with Crippen LogP contribution in [0.3, 0.4) is 0 Å². The molecule has 0 spiro atoms. The predicted octanol–water partition coefficient (Wildman–Crippen LogP) is 5.48. The van der Waals surface area contributed by atoms with Crippen LogP contribution >= 0.6 is 15.9 Å². The molecule has 1 N–H and O–H groups in total. The minimum Gasteiger partial charge on any atom is -0.352 e. The van der Waals surface area contributed by atoms with Gasteiger partial charge in [-0.25, -0.2) is 8.42 Å². The van der Waals surface area contributed by atoms with Crippen LogP contribution in [0.25, 0.3) is 0 Å². The molecule has 1 saturated carbocycles. The first-order valence-corrected chi connectivity index (χ1v) is 16.0. The summed E-state index contributed by atoms with van der Waals surface area (Å²) in [6.45, 7) is 6.05. The fraction of sp³-hybridized carbons (Fsp3) is 0.517. The minimum absolute atomic E-state index is 0.131. The van der Waals surface area contributed by atoms with E-state index in [-0.39, 0.29) is 30.8 Å². The van der Waals surface area contributed by atoms with Gasteiger partial charge in [-0.3, -0.25) is 13.9 Å². The van der Waals surface area contributed by atoms with Crippen molar-refractivity contribution in [2.45, 2.75) is 84.3 Å². The van der Waals surface area contributed by atoms with Gasteiger partial charge in [-0.05, 0) is 74.9 Å². The summed E-state index contributed by atoms with van der Waals surface area (Å²) in [7, 11) is -3.54. The molecule has 2 aromatic rings. The van der Waals surface area contributed by atoms with E-state index in [4.69, 9.17) is 0 Å². The van der Waals surface area contributed by atoms with Crippen molar-refractivity contribution in [1.29, 1.82) is 0 Å². The number of carbonyl (C=O) groups is 2. The molecule has 0 aliphatic heterocycles. The highest BCUT2D eigenvalue weighted by Gasteiger charge is 2.28. The maximum absolute atomic E-state index is 13.5. The molecular weight excluding hydrogens is 566 g/mol. The van der Waals surface area contributed by atoms with Gasteiger partial charge in [-0.2, -0.15) is 0 Å². The number of halogens is 1. The average molecular weight is 607 g/mol. The normalized spacial score (nSPS) is 15.1. The third kappa shape index (κ3) is 8.56. The zero-order chi connectivity index (χ0) is 27.9. The van der Waals surface area contributed by atoms with E-state index in [1.807, 2.05) is 56.3 Å². The molecule has 1 fully saturated rings. The number of aryl methyl sites for hydroxylation is 2. The highest BCUT2D eigenvalue weighted by Crippen LogP contribution is 2.25. The Morgan fingerprint density at radius 1 is 1.08 bits per heavy atom. The third-order valence-electron chi connectivity index (χ3n) is 7.15. The van der Waals surface area contributed by atoms with Crippen molar-refractivity contribution in [1.82, 2.24) is 10.2 Å². The van der Waals surface area contributed by atoms with Gasteiger partial charge >= 0.3 is 0 Å². The second-order valence-electron chi connectivity index (χ2n) is 10.4. The maximum atomic E-state index is 13.5. The van der Waals surface area contributed by atoms with E-state index < -0.39 is 16.1 Å². The molecule has 2 amide bonds. The lowest BCUT2D eigenvalue weighted by Gasteiger charge is -2.31. The Balaban J connectivity index is 1.74. The van der Waals surface area contributed by atoms with Gasteiger partial charge in [0.25, 0.3) is 0 Å². The molecule has 1 aliphatic carbocycles. The van der Waals surface area contributed by atoms with Crippen LogP contribution in [-0.2, 0) is 26.2 Å². The van der Waals surface area contributed by atoms with Crippen molar-refractivity contribution in [2.24, 2.45) is 0 Å². The number of hydrogen-bond acceptors (Lipinski definition) is 4. The Kier molecular flexibility index (Phi) is 10.8. The number of nitrogens with one attached hydrogen (secondary N) is 1. The number of benzene rings is 2. The summed E-state index contributed by atoms with van der Waals surface area (Å²) >= 11 is 3.49. The highest BCUT2D eigenvalue weighted by molar-refractivity contribution is 9.10. The fourth-order valence-electron chi connectivity index (χ4n) is 4.95. The van der Waals surface area contributed by atoms with Crippen LogP contribution in [0.4, 0.5) is 5.69 Å². The van der Waals surface area contributed by atoms with E-state index >= 15 is 0 Å². The van der Waals surface area contributed by atoms with E-state index in [0.29, 0.717) is 18.7 Å². The largest absolute Gasteiger partial charge is 0.352 e. The maximum Gasteiger partial charge on any atom is 0.242 e. The fourth-order valence-corrected chi connectivity index (χ4v) is 6.42. The quantitative estimate of drug-likeness (QED) is 0.367. The van der Waals surface area contributed by atoms with E-state index in [0.717, 1.165) is 46.8 Å². The Hall–Kier alpha value is -2.39. The number of nitrogens with zero attached hydrogens (tertiary/aromatic N) is 2. The molecular formula is C29H40BrN3O4S. The summed E-state index contributed by atoms with van der Waals surface area (Å²) in [5, 5.41) is 3.15. The van der Waals surface area contributed by atoms with Crippen LogP contribution < -0.4 is 9.62 Å². The van der Waals surface area contributed by atoms with Crippen LogP contribution in [0.1, 0.15) is 68.6 Å². The lowest BCUT2D eigenvalue weighted by molar-refractivity contribution is -0.141. The van der Waals surface area contributed by atoms with Crippen LogP contribution in [0.5, 0.6) is 0 Å². The topological polar surface area (TPSA) is 86.8 Å². The van der Waals surface area contributed by atoms with Crippen LogP contribution in [-0.4, -0.2) is 50.0 Å². The second-order valence-corrected chi connectivity index (χ2v) is 13.2. The van der Waals surface area contributed by atoms with Crippen molar-refractivity contribution in [3.8, 4) is 0 Å². The highest BCUT2D eigenvalue weighted by atomic mass is 79.9. The Morgan fingerprint density at radius 3 is 2.45 bits per heavy atom. The molecule has 0 heterocycles. The first-order valence-electron chi connectivity index (χ1n) is 13.3. The molecule has 7 nitrogen and oxygen atoms in total. The summed E-state index contributed by atoms with van der Waals surface area (Å²) in [5.41, 5.74) is 3.37. The number of anilines is 1. The van der Waals surface area contributed by atoms with Gasteiger partial charge in [-0.1, -0.05) is 59.5 Å². The van der Waals surface area contributed by atoms with Crippen LogP contribution in [0.2, 0.25) is 0 Å². The number of rotatable bonds is 11. The van der Waals surface area contributed by atoms with Crippen LogP contribution in [0, 0.1) is 13.8 Å². The molecule has 1 aliphatic rings. The predicted molar refractivity (Wildman–Crippen MR) is 157 cm³/mol. The molecule has 38 heavy (non-hydrogen) atoms. The van der Waals surface area contributed by atoms with Gasteiger partial charge in [0.05, 0.1) is 11.9 Å². The Morgan fingerprint density at radius 2 is 1.79 bits per heavy atom. The number of sulfonamides is 1. The first-order chi connectivity index (χ1) is 18.0. The molecule has 0 saturated heterocycles. The van der Waals surface area contributed by atoms with Gasteiger partial charge in [0.2, 0.25) is 21.8 Å². The molecule has 0 bridgehead atoms. The number of hydrogen-bond donors (Lipinski definition) is 1. The SMILES string of the molecule is Cc1ccc(C)c(N(CCCC(=O)N(Cc2cccc(Br)c2)[C@H](C)C(=O)NC2CCCCC2)S(C)(=O)=O)c1. The van der Waals surface area contributed by atoms with E-state index in [2.05, 4.69) is 21.2 Å². The summed E-state index contributed by atoms with van der Waals surface area (Å²) in [4.78, 5) is 28.3. The van der Waals surface area contributed by atoms with Gasteiger partial charge in [0, 0.05) is 30.0 Å². The van der Waals surface area contributed by atoms with Crippen LogP contribution in [0.15, 0.2) is 46.9 Å². The van der Waals surface area contributed by atoms with Crippen molar-refractivity contribution >= 4 is 43.5 Å². The van der Waals surface area contributed by atoms with E-state index in [1.165, 1.54) is 17.0 Å². The molecule has 0 radical (unpaired) electrons. The number of amides is 2. The lowest BCUT2D eigenvalue weighted by atomic mass is 9.95. The van der Waals surface area contributed by atoms with Gasteiger partial charge in [0.1, 0.15) is 6.04 Å². The smallest absolute Gasteiger partial charge is 0.242 e. The summed E-state index contributed by atoms with van der Waals surface area (Å²) in [6, 6.07) is 12.9. The molecule has 0 aromatic heterocycles.